The van der Waals surface area contributed by atoms with E-state index in [-0.39, 0.29) is 18.2 Å². The molecule has 0 aliphatic heterocycles. The van der Waals surface area contributed by atoms with Crippen molar-refractivity contribution in [3.63, 3.8) is 0 Å². The molecular formula is C16H28O3. The van der Waals surface area contributed by atoms with Gasteiger partial charge in [-0.05, 0) is 49.9 Å². The average molecular weight is 268 g/mol. The van der Waals surface area contributed by atoms with Gasteiger partial charge in [0.1, 0.15) is 0 Å². The third-order valence-electron chi connectivity index (χ3n) is 5.00. The van der Waals surface area contributed by atoms with Crippen molar-refractivity contribution >= 4 is 5.97 Å². The summed E-state index contributed by atoms with van der Waals surface area (Å²) in [6.45, 7) is 9.13. The Morgan fingerprint density at radius 2 is 1.89 bits per heavy atom. The molecule has 3 heteroatoms. The number of ether oxygens (including phenoxy) is 2. The minimum atomic E-state index is -0.350. The van der Waals surface area contributed by atoms with Crippen molar-refractivity contribution in [1.82, 2.24) is 0 Å². The molecule has 0 amide bonds. The zero-order valence-electron chi connectivity index (χ0n) is 12.7. The van der Waals surface area contributed by atoms with Gasteiger partial charge in [0.15, 0.2) is 0 Å². The van der Waals surface area contributed by atoms with Crippen LogP contribution < -0.4 is 0 Å². The summed E-state index contributed by atoms with van der Waals surface area (Å²) in [7, 11) is 0. The molecule has 0 heterocycles. The van der Waals surface area contributed by atoms with Gasteiger partial charge >= 0.3 is 5.97 Å². The molecule has 2 aliphatic rings. The number of carbonyl (C=O) groups excluding carboxylic acids is 1. The monoisotopic (exact) mass is 268 g/mol. The Labute approximate surface area is 117 Å². The summed E-state index contributed by atoms with van der Waals surface area (Å²) in [5.41, 5.74) is 0. The summed E-state index contributed by atoms with van der Waals surface area (Å²) in [6.07, 6.45) is 3.86. The molecule has 3 nitrogen and oxygen atoms in total. The van der Waals surface area contributed by atoms with Crippen LogP contribution in [0.15, 0.2) is 0 Å². The molecule has 5 unspecified atom stereocenters. The number of hydrogen-bond acceptors (Lipinski definition) is 3. The molecule has 0 aromatic heterocycles. The van der Waals surface area contributed by atoms with Gasteiger partial charge in [0.05, 0.1) is 5.92 Å². The van der Waals surface area contributed by atoms with Crippen molar-refractivity contribution in [3.8, 4) is 0 Å². The van der Waals surface area contributed by atoms with Crippen molar-refractivity contribution < 1.29 is 14.3 Å². The third kappa shape index (κ3) is 3.13. The number of esters is 1. The Morgan fingerprint density at radius 3 is 2.37 bits per heavy atom. The lowest BCUT2D eigenvalue weighted by molar-refractivity contribution is -0.185. The van der Waals surface area contributed by atoms with Crippen molar-refractivity contribution in [3.05, 3.63) is 0 Å². The first kappa shape index (κ1) is 14.8. The van der Waals surface area contributed by atoms with Gasteiger partial charge in [0.25, 0.3) is 0 Å². The molecule has 0 N–H and O–H groups in total. The zero-order valence-corrected chi connectivity index (χ0v) is 12.7. The van der Waals surface area contributed by atoms with Gasteiger partial charge in [0.2, 0.25) is 6.29 Å². The summed E-state index contributed by atoms with van der Waals surface area (Å²) in [5.74, 6) is 2.99. The highest BCUT2D eigenvalue weighted by atomic mass is 16.7. The molecule has 0 saturated heterocycles. The van der Waals surface area contributed by atoms with Gasteiger partial charge in [-0.15, -0.1) is 0 Å². The molecule has 0 spiro atoms. The van der Waals surface area contributed by atoms with E-state index in [4.69, 9.17) is 9.47 Å². The van der Waals surface area contributed by atoms with E-state index in [2.05, 4.69) is 13.8 Å². The van der Waals surface area contributed by atoms with Crippen molar-refractivity contribution in [2.45, 2.75) is 59.7 Å². The lowest BCUT2D eigenvalue weighted by Gasteiger charge is -2.30. The third-order valence-corrected chi connectivity index (χ3v) is 5.00. The summed E-state index contributed by atoms with van der Waals surface area (Å²) < 4.78 is 10.9. The van der Waals surface area contributed by atoms with E-state index in [1.54, 1.807) is 0 Å². The SMILES string of the molecule is CCOC(CC)OC(=O)C1CC2CC1CC2C(C)C. The molecular weight excluding hydrogens is 240 g/mol. The maximum atomic E-state index is 12.3. The second-order valence-electron chi connectivity index (χ2n) is 6.47. The minimum Gasteiger partial charge on any atom is -0.436 e. The van der Waals surface area contributed by atoms with Crippen LogP contribution in [-0.4, -0.2) is 18.9 Å². The van der Waals surface area contributed by atoms with Crippen LogP contribution in [0.4, 0.5) is 0 Å². The number of rotatable bonds is 6. The maximum Gasteiger partial charge on any atom is 0.311 e. The molecule has 2 aliphatic carbocycles. The van der Waals surface area contributed by atoms with Crippen molar-refractivity contribution in [2.75, 3.05) is 6.61 Å². The van der Waals surface area contributed by atoms with E-state index in [0.717, 1.165) is 30.6 Å². The summed E-state index contributed by atoms with van der Waals surface area (Å²) in [4.78, 5) is 12.3. The molecule has 2 saturated carbocycles. The summed E-state index contributed by atoms with van der Waals surface area (Å²) >= 11 is 0. The van der Waals surface area contributed by atoms with E-state index >= 15 is 0 Å². The summed E-state index contributed by atoms with van der Waals surface area (Å²) in [5, 5.41) is 0. The first-order valence-electron chi connectivity index (χ1n) is 7.88. The van der Waals surface area contributed by atoms with Crippen LogP contribution in [0.3, 0.4) is 0 Å². The topological polar surface area (TPSA) is 35.5 Å². The van der Waals surface area contributed by atoms with Crippen molar-refractivity contribution in [2.24, 2.45) is 29.6 Å². The molecule has 2 bridgehead atoms. The Kier molecular flexibility index (Phi) is 4.88. The Morgan fingerprint density at radius 1 is 1.16 bits per heavy atom. The van der Waals surface area contributed by atoms with Gasteiger partial charge in [-0.25, -0.2) is 0 Å². The van der Waals surface area contributed by atoms with Gasteiger partial charge in [-0.3, -0.25) is 4.79 Å². The fourth-order valence-corrected chi connectivity index (χ4v) is 4.06. The van der Waals surface area contributed by atoms with Crippen LogP contribution in [0.5, 0.6) is 0 Å². The predicted molar refractivity (Wildman–Crippen MR) is 74.4 cm³/mol. The molecule has 0 radical (unpaired) electrons. The normalized spacial score (nSPS) is 34.8. The average Bonchev–Trinajstić information content (AvgIpc) is 2.97. The highest BCUT2D eigenvalue weighted by Gasteiger charge is 2.49. The number of carbonyl (C=O) groups is 1. The second-order valence-corrected chi connectivity index (χ2v) is 6.47. The van der Waals surface area contributed by atoms with E-state index in [0.29, 0.717) is 12.5 Å². The van der Waals surface area contributed by atoms with Gasteiger partial charge < -0.3 is 9.47 Å². The number of hydrogen-bond donors (Lipinski definition) is 0. The number of fused-ring (bicyclic) bond motifs is 2. The highest BCUT2D eigenvalue weighted by Crippen LogP contribution is 2.54. The van der Waals surface area contributed by atoms with Crippen molar-refractivity contribution in [1.29, 1.82) is 0 Å². The summed E-state index contributed by atoms with van der Waals surface area (Å²) in [6, 6.07) is 0. The van der Waals surface area contributed by atoms with Gasteiger partial charge in [0, 0.05) is 13.0 Å². The molecule has 19 heavy (non-hydrogen) atoms. The van der Waals surface area contributed by atoms with E-state index in [1.165, 1.54) is 12.8 Å². The van der Waals surface area contributed by atoms with Crippen LogP contribution in [-0.2, 0) is 14.3 Å². The quantitative estimate of drug-likeness (QED) is 0.545. The van der Waals surface area contributed by atoms with Crippen LogP contribution in [0.2, 0.25) is 0 Å². The first-order chi connectivity index (χ1) is 9.06. The predicted octanol–water partition coefficient (Wildman–Crippen LogP) is 3.62. The Hall–Kier alpha value is -0.570. The Balaban J connectivity index is 1.86. The Bertz CT molecular complexity index is 313. The smallest absolute Gasteiger partial charge is 0.311 e. The molecule has 5 atom stereocenters. The van der Waals surface area contributed by atoms with E-state index in [9.17, 15) is 4.79 Å². The van der Waals surface area contributed by atoms with Gasteiger partial charge in [-0.2, -0.15) is 0 Å². The lowest BCUT2D eigenvalue weighted by atomic mass is 9.77. The van der Waals surface area contributed by atoms with E-state index < -0.39 is 0 Å². The molecule has 0 aromatic carbocycles. The standard InChI is InChI=1S/C16H28O3/c1-5-15(18-6-2)19-16(17)14-9-11-7-12(14)8-13(11)10(3)4/h10-15H,5-9H2,1-4H3. The molecule has 2 fully saturated rings. The first-order valence-corrected chi connectivity index (χ1v) is 7.88. The minimum absolute atomic E-state index is 0.0185. The van der Waals surface area contributed by atoms with Crippen LogP contribution in [0.25, 0.3) is 0 Å². The lowest BCUT2D eigenvalue weighted by Crippen LogP contribution is -2.31. The second kappa shape index (κ2) is 6.25. The van der Waals surface area contributed by atoms with E-state index in [1.807, 2.05) is 13.8 Å². The largest absolute Gasteiger partial charge is 0.436 e. The molecule has 2 rings (SSSR count). The zero-order chi connectivity index (χ0) is 14.0. The van der Waals surface area contributed by atoms with Crippen LogP contribution in [0.1, 0.15) is 53.4 Å². The molecule has 0 aromatic rings. The van der Waals surface area contributed by atoms with Gasteiger partial charge in [-0.1, -0.05) is 20.8 Å². The van der Waals surface area contributed by atoms with Crippen LogP contribution >= 0.6 is 0 Å². The maximum absolute atomic E-state index is 12.3. The fourth-order valence-electron chi connectivity index (χ4n) is 4.06. The van der Waals surface area contributed by atoms with Crippen LogP contribution in [0, 0.1) is 29.6 Å². The highest BCUT2D eigenvalue weighted by molar-refractivity contribution is 5.73. The fraction of sp³-hybridized carbons (Fsp3) is 0.938. The molecule has 110 valence electrons.